The number of aromatic amines is 2. The highest BCUT2D eigenvalue weighted by Crippen LogP contribution is 2.30. The van der Waals surface area contributed by atoms with Crippen molar-refractivity contribution in [3.8, 4) is 11.3 Å². The number of H-pyrrole nitrogens is 2. The second kappa shape index (κ2) is 10.5. The van der Waals surface area contributed by atoms with Crippen LogP contribution in [0.2, 0.25) is 0 Å². The molecule has 4 rings (SSSR count). The van der Waals surface area contributed by atoms with E-state index in [4.69, 9.17) is 4.98 Å². The summed E-state index contributed by atoms with van der Waals surface area (Å²) in [7, 11) is 0. The molecule has 0 radical (unpaired) electrons. The van der Waals surface area contributed by atoms with Crippen LogP contribution in [-0.4, -0.2) is 20.2 Å². The van der Waals surface area contributed by atoms with Crippen LogP contribution in [0.4, 0.5) is 4.39 Å². The lowest BCUT2D eigenvalue weighted by atomic mass is 9.85. The number of hydrogen-bond donors (Lipinski definition) is 2. The molecule has 1 saturated carbocycles. The molecule has 0 atom stereocenters. The van der Waals surface area contributed by atoms with Crippen molar-refractivity contribution in [2.24, 2.45) is 5.92 Å². The maximum absolute atomic E-state index is 13.7. The third-order valence-corrected chi connectivity index (χ3v) is 7.29. The van der Waals surface area contributed by atoms with Gasteiger partial charge in [-0.15, -0.1) is 0 Å². The first kappa shape index (κ1) is 22.8. The summed E-state index contributed by atoms with van der Waals surface area (Å²) in [5.74, 6) is 0.957. The molecule has 3 aromatic rings. The molecule has 2 heterocycles. The van der Waals surface area contributed by atoms with Gasteiger partial charge in [0.1, 0.15) is 5.82 Å². The molecule has 2 aromatic heterocycles. The van der Waals surface area contributed by atoms with Gasteiger partial charge in [0, 0.05) is 22.4 Å². The van der Waals surface area contributed by atoms with Gasteiger partial charge in [-0.1, -0.05) is 69.8 Å². The molecule has 32 heavy (non-hydrogen) atoms. The first-order chi connectivity index (χ1) is 15.6. The van der Waals surface area contributed by atoms with Gasteiger partial charge in [-0.3, -0.25) is 9.89 Å². The van der Waals surface area contributed by atoms with Crippen LogP contribution in [0.1, 0.15) is 68.5 Å². The van der Waals surface area contributed by atoms with Gasteiger partial charge in [-0.2, -0.15) is 5.10 Å². The number of hydrogen-bond acceptors (Lipinski definition) is 4. The molecular weight excluding hydrogens is 423 g/mol. The maximum atomic E-state index is 13.7. The number of nitrogens with one attached hydrogen (secondary N) is 2. The van der Waals surface area contributed by atoms with Gasteiger partial charge < -0.3 is 4.98 Å². The number of halogens is 1. The summed E-state index contributed by atoms with van der Waals surface area (Å²) in [5, 5.41) is 8.22. The van der Waals surface area contributed by atoms with Crippen LogP contribution in [0.5, 0.6) is 0 Å². The highest BCUT2D eigenvalue weighted by atomic mass is 32.2. The Bertz CT molecular complexity index is 1120. The molecule has 1 aliphatic rings. The molecule has 170 valence electrons. The maximum Gasteiger partial charge on any atom is 0.254 e. The second-order valence-electron chi connectivity index (χ2n) is 8.53. The molecule has 0 unspecified atom stereocenters. The smallest absolute Gasteiger partial charge is 0.254 e. The van der Waals surface area contributed by atoms with E-state index in [9.17, 15) is 9.18 Å². The first-order valence-corrected chi connectivity index (χ1v) is 12.6. The van der Waals surface area contributed by atoms with Crippen molar-refractivity contribution in [3.05, 3.63) is 63.0 Å². The van der Waals surface area contributed by atoms with E-state index in [1.807, 2.05) is 13.0 Å². The summed E-state index contributed by atoms with van der Waals surface area (Å²) in [5.41, 5.74) is 5.38. The third-order valence-electron chi connectivity index (χ3n) is 6.40. The standard InChI is InChI=1S/C25H31FN4OS/c1-3-19-22(29-30-23(19)17-11-8-12-18(26)14-17)15-32-25-27-21(20(4-2)24(31)28-25)13-16-9-6-5-7-10-16/h8,11-12,14,16H,3-7,9-10,13,15H2,1-2H3,(H,29,30)(H,27,28,31). The van der Waals surface area contributed by atoms with Crippen LogP contribution in [0.15, 0.2) is 34.2 Å². The summed E-state index contributed by atoms with van der Waals surface area (Å²) in [4.78, 5) is 20.6. The Balaban J connectivity index is 1.54. The van der Waals surface area contributed by atoms with Crippen LogP contribution < -0.4 is 5.56 Å². The summed E-state index contributed by atoms with van der Waals surface area (Å²) >= 11 is 1.50. The fourth-order valence-electron chi connectivity index (χ4n) is 4.71. The zero-order valence-corrected chi connectivity index (χ0v) is 19.7. The first-order valence-electron chi connectivity index (χ1n) is 11.7. The molecule has 0 bridgehead atoms. The fraction of sp³-hybridized carbons (Fsp3) is 0.480. The van der Waals surface area contributed by atoms with Gasteiger partial charge in [0.15, 0.2) is 5.16 Å². The van der Waals surface area contributed by atoms with E-state index in [1.54, 1.807) is 6.07 Å². The van der Waals surface area contributed by atoms with Crippen molar-refractivity contribution in [2.45, 2.75) is 76.1 Å². The van der Waals surface area contributed by atoms with Crippen molar-refractivity contribution in [1.29, 1.82) is 0 Å². The van der Waals surface area contributed by atoms with Gasteiger partial charge in [0.25, 0.3) is 5.56 Å². The summed E-state index contributed by atoms with van der Waals surface area (Å²) in [6.45, 7) is 4.09. The average Bonchev–Trinajstić information content (AvgIpc) is 3.21. The second-order valence-corrected chi connectivity index (χ2v) is 9.50. The lowest BCUT2D eigenvalue weighted by Gasteiger charge is -2.22. The average molecular weight is 455 g/mol. The van der Waals surface area contributed by atoms with Crippen molar-refractivity contribution in [3.63, 3.8) is 0 Å². The summed E-state index contributed by atoms with van der Waals surface area (Å²) < 4.78 is 13.7. The Morgan fingerprint density at radius 1 is 1.09 bits per heavy atom. The number of nitrogens with zero attached hydrogens (tertiary/aromatic N) is 2. The van der Waals surface area contributed by atoms with Crippen molar-refractivity contribution in [2.75, 3.05) is 0 Å². The minimum absolute atomic E-state index is 0.0194. The van der Waals surface area contributed by atoms with E-state index in [-0.39, 0.29) is 11.4 Å². The zero-order chi connectivity index (χ0) is 22.5. The van der Waals surface area contributed by atoms with Crippen LogP contribution in [0, 0.1) is 11.7 Å². The molecule has 0 spiro atoms. The zero-order valence-electron chi connectivity index (χ0n) is 18.8. The predicted octanol–water partition coefficient (Wildman–Crippen LogP) is 5.84. The number of rotatable bonds is 8. The monoisotopic (exact) mass is 454 g/mol. The lowest BCUT2D eigenvalue weighted by molar-refractivity contribution is 0.352. The SMILES string of the molecule is CCc1c(CSc2nc(CC3CCCCC3)c(CC)c(=O)[nH]2)n[nH]c1-c1cccc(F)c1. The summed E-state index contributed by atoms with van der Waals surface area (Å²) in [6, 6.07) is 6.54. The summed E-state index contributed by atoms with van der Waals surface area (Å²) in [6.07, 6.45) is 8.73. The van der Waals surface area contributed by atoms with E-state index < -0.39 is 0 Å². The Morgan fingerprint density at radius 2 is 1.88 bits per heavy atom. The van der Waals surface area contributed by atoms with Gasteiger partial charge in [0.05, 0.1) is 17.1 Å². The fourth-order valence-corrected chi connectivity index (χ4v) is 5.56. The van der Waals surface area contributed by atoms with Crippen molar-refractivity contribution in [1.82, 2.24) is 20.2 Å². The lowest BCUT2D eigenvalue weighted by Crippen LogP contribution is -2.21. The molecule has 0 amide bonds. The Labute approximate surface area is 192 Å². The molecule has 7 heteroatoms. The van der Waals surface area contributed by atoms with Gasteiger partial charge in [-0.25, -0.2) is 9.37 Å². The van der Waals surface area contributed by atoms with Crippen LogP contribution in [0.25, 0.3) is 11.3 Å². The van der Waals surface area contributed by atoms with Crippen LogP contribution >= 0.6 is 11.8 Å². The quantitative estimate of drug-likeness (QED) is 0.331. The van der Waals surface area contributed by atoms with E-state index in [1.165, 1.54) is 56.0 Å². The highest BCUT2D eigenvalue weighted by Gasteiger charge is 2.19. The molecule has 1 fully saturated rings. The van der Waals surface area contributed by atoms with E-state index in [2.05, 4.69) is 22.1 Å². The van der Waals surface area contributed by atoms with E-state index in [0.29, 0.717) is 23.2 Å². The van der Waals surface area contributed by atoms with Crippen LogP contribution in [0.3, 0.4) is 0 Å². The Morgan fingerprint density at radius 3 is 2.59 bits per heavy atom. The van der Waals surface area contributed by atoms with Crippen molar-refractivity contribution < 1.29 is 4.39 Å². The highest BCUT2D eigenvalue weighted by molar-refractivity contribution is 7.98. The molecular formula is C25H31FN4OS. The van der Waals surface area contributed by atoms with E-state index in [0.717, 1.165) is 46.6 Å². The molecule has 0 aliphatic heterocycles. The topological polar surface area (TPSA) is 74.4 Å². The normalized spacial score (nSPS) is 14.7. The molecule has 5 nitrogen and oxygen atoms in total. The number of benzene rings is 1. The largest absolute Gasteiger partial charge is 0.301 e. The Kier molecular flexibility index (Phi) is 7.45. The molecule has 0 saturated heterocycles. The van der Waals surface area contributed by atoms with Gasteiger partial charge in [0.2, 0.25) is 0 Å². The molecule has 1 aromatic carbocycles. The number of aromatic nitrogens is 4. The minimum atomic E-state index is -0.265. The predicted molar refractivity (Wildman–Crippen MR) is 127 cm³/mol. The number of thioether (sulfide) groups is 1. The van der Waals surface area contributed by atoms with Gasteiger partial charge >= 0.3 is 0 Å². The Hall–Kier alpha value is -2.41. The molecule has 1 aliphatic carbocycles. The van der Waals surface area contributed by atoms with E-state index >= 15 is 0 Å². The third kappa shape index (κ3) is 5.14. The molecule has 2 N–H and O–H groups in total. The van der Waals surface area contributed by atoms with Crippen LogP contribution in [-0.2, 0) is 25.0 Å². The van der Waals surface area contributed by atoms with Crippen molar-refractivity contribution >= 4 is 11.8 Å². The minimum Gasteiger partial charge on any atom is -0.301 e. The van der Waals surface area contributed by atoms with Gasteiger partial charge in [-0.05, 0) is 37.3 Å².